The molecule has 0 atom stereocenters. The van der Waals surface area contributed by atoms with Crippen molar-refractivity contribution in [2.75, 3.05) is 20.2 Å². The smallest absolute Gasteiger partial charge is 0.317 e. The third kappa shape index (κ3) is 3.65. The van der Waals surface area contributed by atoms with Gasteiger partial charge >= 0.3 is 6.03 Å². The van der Waals surface area contributed by atoms with Gasteiger partial charge in [-0.05, 0) is 50.3 Å². The number of rotatable bonds is 3. The molecule has 2 amide bonds. The van der Waals surface area contributed by atoms with Crippen molar-refractivity contribution in [2.45, 2.75) is 38.6 Å². The maximum atomic E-state index is 11.9. The highest BCUT2D eigenvalue weighted by atomic mass is 16.5. The second-order valence-corrected chi connectivity index (χ2v) is 5.64. The number of likely N-dealkylation sites (tertiary alicyclic amines) is 1. The maximum absolute atomic E-state index is 11.9. The van der Waals surface area contributed by atoms with Gasteiger partial charge in [-0.25, -0.2) is 4.79 Å². The zero-order chi connectivity index (χ0) is 14.5. The van der Waals surface area contributed by atoms with Crippen LogP contribution in [0.3, 0.4) is 0 Å². The number of carbonyl (C=O) groups excluding carboxylic acids is 1. The van der Waals surface area contributed by atoms with Crippen molar-refractivity contribution in [3.05, 3.63) is 29.8 Å². The number of nitrogens with one attached hydrogen (secondary N) is 1. The topological polar surface area (TPSA) is 41.6 Å². The molecule has 4 heteroatoms. The van der Waals surface area contributed by atoms with E-state index in [2.05, 4.69) is 17.4 Å². The SMILES string of the molecule is COc1ccc(C2CCN(C(=O)NC(C)C)CC2)cc1. The molecule has 1 heterocycles. The fourth-order valence-corrected chi connectivity index (χ4v) is 2.63. The average molecular weight is 276 g/mol. The molecule has 1 aliphatic heterocycles. The summed E-state index contributed by atoms with van der Waals surface area (Å²) in [4.78, 5) is 13.9. The van der Waals surface area contributed by atoms with Gasteiger partial charge in [-0.15, -0.1) is 0 Å². The van der Waals surface area contributed by atoms with Gasteiger partial charge in [0.15, 0.2) is 0 Å². The van der Waals surface area contributed by atoms with Crippen LogP contribution in [-0.2, 0) is 0 Å². The lowest BCUT2D eigenvalue weighted by Gasteiger charge is -2.32. The summed E-state index contributed by atoms with van der Waals surface area (Å²) in [6.45, 7) is 5.63. The van der Waals surface area contributed by atoms with Gasteiger partial charge in [0, 0.05) is 19.1 Å². The molecule has 0 unspecified atom stereocenters. The molecule has 0 radical (unpaired) electrons. The summed E-state index contributed by atoms with van der Waals surface area (Å²) in [6, 6.07) is 8.54. The van der Waals surface area contributed by atoms with Crippen LogP contribution in [-0.4, -0.2) is 37.2 Å². The van der Waals surface area contributed by atoms with Crippen molar-refractivity contribution in [2.24, 2.45) is 0 Å². The van der Waals surface area contributed by atoms with E-state index in [1.54, 1.807) is 7.11 Å². The van der Waals surface area contributed by atoms with Crippen molar-refractivity contribution >= 4 is 6.03 Å². The van der Waals surface area contributed by atoms with Gasteiger partial charge in [0.05, 0.1) is 7.11 Å². The highest BCUT2D eigenvalue weighted by Gasteiger charge is 2.23. The summed E-state index contributed by atoms with van der Waals surface area (Å²) in [5.41, 5.74) is 1.34. The third-order valence-corrected chi connectivity index (χ3v) is 3.78. The number of nitrogens with zero attached hydrogens (tertiary/aromatic N) is 1. The first-order chi connectivity index (χ1) is 9.60. The van der Waals surface area contributed by atoms with Gasteiger partial charge in [-0.2, -0.15) is 0 Å². The molecule has 0 spiro atoms. The zero-order valence-corrected chi connectivity index (χ0v) is 12.6. The monoisotopic (exact) mass is 276 g/mol. The highest BCUT2D eigenvalue weighted by molar-refractivity contribution is 5.74. The number of amides is 2. The Morgan fingerprint density at radius 3 is 2.35 bits per heavy atom. The molecule has 0 aliphatic carbocycles. The lowest BCUT2D eigenvalue weighted by atomic mass is 9.89. The van der Waals surface area contributed by atoms with E-state index in [-0.39, 0.29) is 12.1 Å². The van der Waals surface area contributed by atoms with Crippen LogP contribution >= 0.6 is 0 Å². The van der Waals surface area contributed by atoms with Crippen LogP contribution < -0.4 is 10.1 Å². The molecule has 4 nitrogen and oxygen atoms in total. The molecule has 1 fully saturated rings. The summed E-state index contributed by atoms with van der Waals surface area (Å²) in [6.07, 6.45) is 2.05. The number of piperidine rings is 1. The molecular weight excluding hydrogens is 252 g/mol. The van der Waals surface area contributed by atoms with E-state index < -0.39 is 0 Å². The summed E-state index contributed by atoms with van der Waals surface area (Å²) in [5.74, 6) is 1.44. The number of carbonyl (C=O) groups is 1. The Morgan fingerprint density at radius 2 is 1.85 bits per heavy atom. The molecule has 1 aliphatic rings. The molecule has 1 aromatic carbocycles. The van der Waals surface area contributed by atoms with E-state index >= 15 is 0 Å². The summed E-state index contributed by atoms with van der Waals surface area (Å²) < 4.78 is 5.18. The molecule has 20 heavy (non-hydrogen) atoms. The van der Waals surface area contributed by atoms with E-state index in [0.717, 1.165) is 31.7 Å². The first-order valence-electron chi connectivity index (χ1n) is 7.29. The van der Waals surface area contributed by atoms with Crippen molar-refractivity contribution < 1.29 is 9.53 Å². The van der Waals surface area contributed by atoms with Crippen LogP contribution in [0.2, 0.25) is 0 Å². The maximum Gasteiger partial charge on any atom is 0.317 e. The van der Waals surface area contributed by atoms with E-state index in [0.29, 0.717) is 5.92 Å². The standard InChI is InChI=1S/C16H24N2O2/c1-12(2)17-16(19)18-10-8-14(9-11-18)13-4-6-15(20-3)7-5-13/h4-7,12,14H,8-11H2,1-3H3,(H,17,19). The van der Waals surface area contributed by atoms with Gasteiger partial charge in [0.1, 0.15) is 5.75 Å². The largest absolute Gasteiger partial charge is 0.497 e. The number of urea groups is 1. The Kier molecular flexibility index (Phi) is 4.88. The average Bonchev–Trinajstić information content (AvgIpc) is 2.47. The molecule has 0 bridgehead atoms. The lowest BCUT2D eigenvalue weighted by Crippen LogP contribution is -2.46. The Balaban J connectivity index is 1.88. The molecular formula is C16H24N2O2. The van der Waals surface area contributed by atoms with Gasteiger partial charge < -0.3 is 15.0 Å². The van der Waals surface area contributed by atoms with Crippen LogP contribution in [0.25, 0.3) is 0 Å². The zero-order valence-electron chi connectivity index (χ0n) is 12.6. The van der Waals surface area contributed by atoms with Crippen LogP contribution in [0.5, 0.6) is 5.75 Å². The lowest BCUT2D eigenvalue weighted by molar-refractivity contribution is 0.179. The number of ether oxygens (including phenoxy) is 1. The Morgan fingerprint density at radius 1 is 1.25 bits per heavy atom. The second-order valence-electron chi connectivity index (χ2n) is 5.64. The first kappa shape index (κ1) is 14.7. The molecule has 0 aromatic heterocycles. The normalized spacial score (nSPS) is 16.3. The number of hydrogen-bond donors (Lipinski definition) is 1. The Labute approximate surface area is 121 Å². The quantitative estimate of drug-likeness (QED) is 0.922. The predicted octanol–water partition coefficient (Wildman–Crippen LogP) is 2.99. The molecule has 1 aromatic rings. The van der Waals surface area contributed by atoms with Gasteiger partial charge in [-0.1, -0.05) is 12.1 Å². The molecule has 1 N–H and O–H groups in total. The van der Waals surface area contributed by atoms with Crippen molar-refractivity contribution in [3.63, 3.8) is 0 Å². The number of methoxy groups -OCH3 is 1. The van der Waals surface area contributed by atoms with E-state index in [1.807, 2.05) is 30.9 Å². The van der Waals surface area contributed by atoms with Crippen LogP contribution in [0.1, 0.15) is 38.2 Å². The van der Waals surface area contributed by atoms with Gasteiger partial charge in [0.25, 0.3) is 0 Å². The summed E-state index contributed by atoms with van der Waals surface area (Å²) >= 11 is 0. The minimum Gasteiger partial charge on any atom is -0.497 e. The predicted molar refractivity (Wildman–Crippen MR) is 80.2 cm³/mol. The molecule has 1 saturated heterocycles. The highest BCUT2D eigenvalue weighted by Crippen LogP contribution is 2.29. The minimum absolute atomic E-state index is 0.0631. The number of benzene rings is 1. The van der Waals surface area contributed by atoms with E-state index in [1.165, 1.54) is 5.56 Å². The Bertz CT molecular complexity index is 434. The van der Waals surface area contributed by atoms with Crippen molar-refractivity contribution in [1.82, 2.24) is 10.2 Å². The fourth-order valence-electron chi connectivity index (χ4n) is 2.63. The van der Waals surface area contributed by atoms with Crippen LogP contribution in [0.15, 0.2) is 24.3 Å². The summed E-state index contributed by atoms with van der Waals surface area (Å²) in [7, 11) is 1.68. The van der Waals surface area contributed by atoms with Gasteiger partial charge in [0.2, 0.25) is 0 Å². The van der Waals surface area contributed by atoms with Crippen molar-refractivity contribution in [3.8, 4) is 5.75 Å². The molecule has 2 rings (SSSR count). The van der Waals surface area contributed by atoms with E-state index in [4.69, 9.17) is 4.74 Å². The third-order valence-electron chi connectivity index (χ3n) is 3.78. The second kappa shape index (κ2) is 6.64. The van der Waals surface area contributed by atoms with Crippen LogP contribution in [0, 0.1) is 0 Å². The van der Waals surface area contributed by atoms with E-state index in [9.17, 15) is 4.79 Å². The Hall–Kier alpha value is -1.71. The van der Waals surface area contributed by atoms with Crippen molar-refractivity contribution in [1.29, 1.82) is 0 Å². The molecule has 110 valence electrons. The minimum atomic E-state index is 0.0631. The van der Waals surface area contributed by atoms with Gasteiger partial charge in [-0.3, -0.25) is 0 Å². The van der Waals surface area contributed by atoms with Crippen LogP contribution in [0.4, 0.5) is 4.79 Å². The first-order valence-corrected chi connectivity index (χ1v) is 7.29. The number of hydrogen-bond acceptors (Lipinski definition) is 2. The molecule has 0 saturated carbocycles. The fraction of sp³-hybridized carbons (Fsp3) is 0.562. The summed E-state index contributed by atoms with van der Waals surface area (Å²) in [5, 5.41) is 2.95.